The molecule has 0 radical (unpaired) electrons. The summed E-state index contributed by atoms with van der Waals surface area (Å²) in [6, 6.07) is 12.1. The van der Waals surface area contributed by atoms with Gasteiger partial charge in [-0.1, -0.05) is 30.3 Å². The Morgan fingerprint density at radius 1 is 1.05 bits per heavy atom. The molecule has 3 rings (SSSR count). The van der Waals surface area contributed by atoms with E-state index in [9.17, 15) is 0 Å². The van der Waals surface area contributed by atoms with E-state index in [1.54, 1.807) is 7.11 Å². The van der Waals surface area contributed by atoms with Crippen LogP contribution in [0.5, 0.6) is 5.75 Å². The van der Waals surface area contributed by atoms with E-state index in [0.717, 1.165) is 33.9 Å². The van der Waals surface area contributed by atoms with Crippen LogP contribution in [0.2, 0.25) is 0 Å². The highest BCUT2D eigenvalue weighted by molar-refractivity contribution is 5.57. The number of ether oxygens (including phenoxy) is 2. The van der Waals surface area contributed by atoms with Crippen molar-refractivity contribution in [3.05, 3.63) is 65.1 Å². The molecule has 0 fully saturated rings. The lowest BCUT2D eigenvalue weighted by atomic mass is 10.2. The third-order valence-corrected chi connectivity index (χ3v) is 3.77. The summed E-state index contributed by atoms with van der Waals surface area (Å²) in [5, 5.41) is 0. The number of imidazole rings is 1. The van der Waals surface area contributed by atoms with E-state index in [4.69, 9.17) is 9.47 Å². The minimum Gasteiger partial charge on any atom is -0.485 e. The van der Waals surface area contributed by atoms with Crippen molar-refractivity contribution in [1.29, 1.82) is 0 Å². The molecule has 0 N–H and O–H groups in total. The molecule has 22 heavy (non-hydrogen) atoms. The summed E-state index contributed by atoms with van der Waals surface area (Å²) in [5.74, 6) is 0.787. The van der Waals surface area contributed by atoms with Crippen LogP contribution in [0.4, 0.5) is 0 Å². The normalized spacial score (nSPS) is 11.0. The molecule has 0 aliphatic rings. The Bertz CT molecular complexity index is 779. The zero-order chi connectivity index (χ0) is 15.5. The van der Waals surface area contributed by atoms with Gasteiger partial charge in [-0.05, 0) is 31.0 Å². The average Bonchev–Trinajstić information content (AvgIpc) is 2.82. The van der Waals surface area contributed by atoms with Gasteiger partial charge in [0.1, 0.15) is 6.61 Å². The van der Waals surface area contributed by atoms with E-state index in [1.165, 1.54) is 0 Å². The molecule has 4 heteroatoms. The first-order valence-electron chi connectivity index (χ1n) is 7.33. The molecule has 0 atom stereocenters. The summed E-state index contributed by atoms with van der Waals surface area (Å²) >= 11 is 0. The quantitative estimate of drug-likeness (QED) is 0.720. The average molecular weight is 296 g/mol. The number of aryl methyl sites for hydroxylation is 2. The minimum absolute atomic E-state index is 0.526. The second kappa shape index (κ2) is 6.20. The van der Waals surface area contributed by atoms with Crippen molar-refractivity contribution >= 4 is 5.65 Å². The number of methoxy groups -OCH3 is 1. The molecule has 2 aromatic heterocycles. The molecule has 4 nitrogen and oxygen atoms in total. The van der Waals surface area contributed by atoms with Crippen LogP contribution >= 0.6 is 0 Å². The molecular formula is C18H20N2O2. The van der Waals surface area contributed by atoms with Gasteiger partial charge in [-0.2, -0.15) is 0 Å². The number of hydrogen-bond donors (Lipinski definition) is 0. The molecule has 0 amide bonds. The maximum Gasteiger partial charge on any atom is 0.180 e. The predicted octanol–water partition coefficient (Wildman–Crippen LogP) is 3.68. The number of fused-ring (bicyclic) bond motifs is 1. The molecule has 0 unspecified atom stereocenters. The van der Waals surface area contributed by atoms with Crippen molar-refractivity contribution in [2.45, 2.75) is 27.1 Å². The number of hydrogen-bond acceptors (Lipinski definition) is 3. The number of nitrogens with zero attached hydrogens (tertiary/aromatic N) is 2. The van der Waals surface area contributed by atoms with Crippen molar-refractivity contribution in [1.82, 2.24) is 9.38 Å². The maximum absolute atomic E-state index is 6.02. The number of benzene rings is 1. The van der Waals surface area contributed by atoms with E-state index < -0.39 is 0 Å². The maximum atomic E-state index is 6.02. The Hall–Kier alpha value is -2.33. The zero-order valence-electron chi connectivity index (χ0n) is 13.2. The molecule has 0 spiro atoms. The molecule has 114 valence electrons. The third kappa shape index (κ3) is 2.83. The summed E-state index contributed by atoms with van der Waals surface area (Å²) in [6.45, 7) is 5.15. The first-order valence-corrected chi connectivity index (χ1v) is 7.33. The largest absolute Gasteiger partial charge is 0.485 e. The van der Waals surface area contributed by atoms with Crippen LogP contribution in [-0.4, -0.2) is 16.5 Å². The third-order valence-electron chi connectivity index (χ3n) is 3.77. The smallest absolute Gasteiger partial charge is 0.180 e. The molecule has 3 aromatic rings. The summed E-state index contributed by atoms with van der Waals surface area (Å²) in [4.78, 5) is 4.62. The number of aromatic nitrogens is 2. The van der Waals surface area contributed by atoms with Crippen LogP contribution in [0.1, 0.15) is 22.5 Å². The van der Waals surface area contributed by atoms with Crippen LogP contribution in [0, 0.1) is 13.8 Å². The molecule has 0 saturated heterocycles. The van der Waals surface area contributed by atoms with Gasteiger partial charge in [0.2, 0.25) is 0 Å². The van der Waals surface area contributed by atoms with Gasteiger partial charge in [0.05, 0.1) is 12.3 Å². The summed E-state index contributed by atoms with van der Waals surface area (Å²) < 4.78 is 13.3. The van der Waals surface area contributed by atoms with Crippen molar-refractivity contribution in [2.24, 2.45) is 0 Å². The standard InChI is InChI=1S/C18H20N2O2/c1-13-14(2)20-10-16(11-21-3)9-17(18(20)19-13)22-12-15-7-5-4-6-8-15/h4-10H,11-12H2,1-3H3. The number of rotatable bonds is 5. The van der Waals surface area contributed by atoms with Gasteiger partial charge >= 0.3 is 0 Å². The highest BCUT2D eigenvalue weighted by atomic mass is 16.5. The second-order valence-electron chi connectivity index (χ2n) is 5.40. The predicted molar refractivity (Wildman–Crippen MR) is 86.2 cm³/mol. The first kappa shape index (κ1) is 14.6. The lowest BCUT2D eigenvalue weighted by Gasteiger charge is -2.10. The molecule has 0 aliphatic carbocycles. The van der Waals surface area contributed by atoms with Gasteiger partial charge in [0, 0.05) is 19.0 Å². The van der Waals surface area contributed by atoms with Crippen LogP contribution in [0.15, 0.2) is 42.6 Å². The van der Waals surface area contributed by atoms with E-state index in [0.29, 0.717) is 13.2 Å². The van der Waals surface area contributed by atoms with Crippen molar-refractivity contribution in [3.63, 3.8) is 0 Å². The lowest BCUT2D eigenvalue weighted by Crippen LogP contribution is -2.01. The van der Waals surface area contributed by atoms with Crippen molar-refractivity contribution in [3.8, 4) is 5.75 Å². The Balaban J connectivity index is 1.97. The fourth-order valence-corrected chi connectivity index (χ4v) is 2.48. The summed E-state index contributed by atoms with van der Waals surface area (Å²) in [7, 11) is 1.70. The van der Waals surface area contributed by atoms with Gasteiger partial charge in [0.25, 0.3) is 0 Å². The SMILES string of the molecule is COCc1cc(OCc2ccccc2)c2nc(C)c(C)n2c1. The molecule has 0 aliphatic heterocycles. The fraction of sp³-hybridized carbons (Fsp3) is 0.278. The fourth-order valence-electron chi connectivity index (χ4n) is 2.48. The van der Waals surface area contributed by atoms with Crippen LogP contribution in [-0.2, 0) is 18.0 Å². The van der Waals surface area contributed by atoms with Crippen LogP contribution in [0.3, 0.4) is 0 Å². The molecule has 0 saturated carbocycles. The highest BCUT2D eigenvalue weighted by Gasteiger charge is 2.12. The Morgan fingerprint density at radius 3 is 2.55 bits per heavy atom. The topological polar surface area (TPSA) is 35.8 Å². The molecular weight excluding hydrogens is 276 g/mol. The van der Waals surface area contributed by atoms with E-state index in [-0.39, 0.29) is 0 Å². The summed E-state index contributed by atoms with van der Waals surface area (Å²) in [6.07, 6.45) is 2.06. The second-order valence-corrected chi connectivity index (χ2v) is 5.40. The zero-order valence-corrected chi connectivity index (χ0v) is 13.2. The number of pyridine rings is 1. The van der Waals surface area contributed by atoms with Gasteiger partial charge in [-0.25, -0.2) is 4.98 Å². The van der Waals surface area contributed by atoms with E-state index in [2.05, 4.69) is 34.6 Å². The Labute approximate surface area is 130 Å². The van der Waals surface area contributed by atoms with Gasteiger partial charge in [-0.15, -0.1) is 0 Å². The van der Waals surface area contributed by atoms with Gasteiger partial charge in [-0.3, -0.25) is 0 Å². The summed E-state index contributed by atoms with van der Waals surface area (Å²) in [5.41, 5.74) is 5.19. The monoisotopic (exact) mass is 296 g/mol. The van der Waals surface area contributed by atoms with Crippen molar-refractivity contribution < 1.29 is 9.47 Å². The van der Waals surface area contributed by atoms with Crippen LogP contribution in [0.25, 0.3) is 5.65 Å². The highest BCUT2D eigenvalue weighted by Crippen LogP contribution is 2.25. The van der Waals surface area contributed by atoms with E-state index in [1.807, 2.05) is 31.2 Å². The molecule has 1 aromatic carbocycles. The van der Waals surface area contributed by atoms with Crippen LogP contribution < -0.4 is 4.74 Å². The molecule has 0 bridgehead atoms. The lowest BCUT2D eigenvalue weighted by molar-refractivity contribution is 0.184. The van der Waals surface area contributed by atoms with Gasteiger partial charge < -0.3 is 13.9 Å². The Morgan fingerprint density at radius 2 is 1.82 bits per heavy atom. The molecule has 2 heterocycles. The van der Waals surface area contributed by atoms with Crippen molar-refractivity contribution in [2.75, 3.05) is 7.11 Å². The minimum atomic E-state index is 0.526. The Kier molecular flexibility index (Phi) is 4.11. The first-order chi connectivity index (χ1) is 10.7. The van der Waals surface area contributed by atoms with Gasteiger partial charge in [0.15, 0.2) is 11.4 Å². The van der Waals surface area contributed by atoms with E-state index >= 15 is 0 Å².